The SMILES string of the molecule is COc1ccc(N2C(=O)C[C@@H](SCC(=O)Nc3ccc(C)c(C)c3)C2=O)cc1. The lowest BCUT2D eigenvalue weighted by Gasteiger charge is -2.15. The van der Waals surface area contributed by atoms with E-state index in [1.807, 2.05) is 32.0 Å². The Labute approximate surface area is 168 Å². The summed E-state index contributed by atoms with van der Waals surface area (Å²) in [7, 11) is 1.55. The summed E-state index contributed by atoms with van der Waals surface area (Å²) in [5.74, 6) is 0.00197. The number of amides is 3. The fraction of sp³-hybridized carbons (Fsp3) is 0.286. The summed E-state index contributed by atoms with van der Waals surface area (Å²) in [6, 6.07) is 12.5. The van der Waals surface area contributed by atoms with Crippen molar-refractivity contribution in [3.63, 3.8) is 0 Å². The zero-order valence-corrected chi connectivity index (χ0v) is 16.8. The third-order valence-corrected chi connectivity index (χ3v) is 5.84. The Hall–Kier alpha value is -2.80. The van der Waals surface area contributed by atoms with Gasteiger partial charge in [-0.2, -0.15) is 0 Å². The van der Waals surface area contributed by atoms with E-state index in [0.29, 0.717) is 11.4 Å². The van der Waals surface area contributed by atoms with E-state index in [9.17, 15) is 14.4 Å². The fourth-order valence-corrected chi connectivity index (χ4v) is 3.86. The number of methoxy groups -OCH3 is 1. The van der Waals surface area contributed by atoms with Crippen molar-refractivity contribution in [1.82, 2.24) is 0 Å². The van der Waals surface area contributed by atoms with Crippen molar-refractivity contribution < 1.29 is 19.1 Å². The van der Waals surface area contributed by atoms with E-state index in [-0.39, 0.29) is 29.9 Å². The normalized spacial score (nSPS) is 16.4. The third-order valence-electron chi connectivity index (χ3n) is 4.64. The molecule has 1 saturated heterocycles. The van der Waals surface area contributed by atoms with Crippen molar-refractivity contribution in [3.8, 4) is 5.75 Å². The highest BCUT2D eigenvalue weighted by molar-refractivity contribution is 8.01. The molecule has 1 aliphatic rings. The second-order valence-electron chi connectivity index (χ2n) is 6.62. The van der Waals surface area contributed by atoms with Gasteiger partial charge in [-0.25, -0.2) is 4.90 Å². The molecule has 1 atom stereocenters. The van der Waals surface area contributed by atoms with Gasteiger partial charge in [0, 0.05) is 12.1 Å². The molecule has 7 heteroatoms. The number of ether oxygens (including phenoxy) is 1. The molecule has 3 amide bonds. The van der Waals surface area contributed by atoms with Crippen molar-refractivity contribution in [3.05, 3.63) is 53.6 Å². The summed E-state index contributed by atoms with van der Waals surface area (Å²) >= 11 is 1.19. The molecule has 1 heterocycles. The molecule has 6 nitrogen and oxygen atoms in total. The quantitative estimate of drug-likeness (QED) is 0.756. The van der Waals surface area contributed by atoms with E-state index >= 15 is 0 Å². The number of hydrogen-bond acceptors (Lipinski definition) is 5. The van der Waals surface area contributed by atoms with Gasteiger partial charge in [0.1, 0.15) is 5.75 Å². The highest BCUT2D eigenvalue weighted by atomic mass is 32.2. The van der Waals surface area contributed by atoms with E-state index in [2.05, 4.69) is 5.32 Å². The van der Waals surface area contributed by atoms with Crippen LogP contribution in [0.1, 0.15) is 17.5 Å². The van der Waals surface area contributed by atoms with Crippen molar-refractivity contribution in [2.45, 2.75) is 25.5 Å². The summed E-state index contributed by atoms with van der Waals surface area (Å²) in [6.07, 6.45) is 0.0897. The number of carbonyl (C=O) groups excluding carboxylic acids is 3. The first-order chi connectivity index (χ1) is 13.4. The van der Waals surface area contributed by atoms with Gasteiger partial charge in [-0.05, 0) is 61.4 Å². The standard InChI is InChI=1S/C21H22N2O4S/c1-13-4-5-15(10-14(13)2)22-19(24)12-28-18-11-20(25)23(21(18)26)16-6-8-17(27-3)9-7-16/h4-10,18H,11-12H2,1-3H3,(H,22,24)/t18-/m1/s1. The maximum atomic E-state index is 12.6. The van der Waals surface area contributed by atoms with E-state index < -0.39 is 5.25 Å². The molecule has 0 unspecified atom stereocenters. The molecule has 0 aliphatic carbocycles. The summed E-state index contributed by atoms with van der Waals surface area (Å²) in [6.45, 7) is 3.99. The van der Waals surface area contributed by atoms with Crippen LogP contribution in [0, 0.1) is 13.8 Å². The number of benzene rings is 2. The highest BCUT2D eigenvalue weighted by Gasteiger charge is 2.40. The molecular formula is C21H22N2O4S. The van der Waals surface area contributed by atoms with Gasteiger partial charge in [-0.15, -0.1) is 11.8 Å². The van der Waals surface area contributed by atoms with Crippen LogP contribution in [0.15, 0.2) is 42.5 Å². The predicted molar refractivity (Wildman–Crippen MR) is 111 cm³/mol. The summed E-state index contributed by atoms with van der Waals surface area (Å²) < 4.78 is 5.10. The second kappa shape index (κ2) is 8.48. The Morgan fingerprint density at radius 2 is 1.86 bits per heavy atom. The molecular weight excluding hydrogens is 376 g/mol. The number of hydrogen-bond donors (Lipinski definition) is 1. The van der Waals surface area contributed by atoms with Crippen LogP contribution in [0.5, 0.6) is 5.75 Å². The Morgan fingerprint density at radius 1 is 1.14 bits per heavy atom. The molecule has 0 radical (unpaired) electrons. The minimum atomic E-state index is -0.555. The molecule has 1 N–H and O–H groups in total. The average molecular weight is 398 g/mol. The molecule has 2 aromatic carbocycles. The second-order valence-corrected chi connectivity index (χ2v) is 7.81. The first-order valence-electron chi connectivity index (χ1n) is 8.88. The minimum Gasteiger partial charge on any atom is -0.497 e. The summed E-state index contributed by atoms with van der Waals surface area (Å²) in [4.78, 5) is 38.4. The molecule has 146 valence electrons. The number of anilines is 2. The molecule has 28 heavy (non-hydrogen) atoms. The number of nitrogens with zero attached hydrogens (tertiary/aromatic N) is 1. The Kier molecular flexibility index (Phi) is 6.04. The lowest BCUT2D eigenvalue weighted by molar-refractivity contribution is -0.121. The van der Waals surface area contributed by atoms with Crippen molar-refractivity contribution >= 4 is 40.9 Å². The van der Waals surface area contributed by atoms with Crippen LogP contribution in [0.3, 0.4) is 0 Å². The van der Waals surface area contributed by atoms with Crippen molar-refractivity contribution in [2.24, 2.45) is 0 Å². The first-order valence-corrected chi connectivity index (χ1v) is 9.93. The highest BCUT2D eigenvalue weighted by Crippen LogP contribution is 2.30. The zero-order valence-electron chi connectivity index (χ0n) is 16.0. The maximum Gasteiger partial charge on any atom is 0.247 e. The molecule has 0 saturated carbocycles. The van der Waals surface area contributed by atoms with E-state index in [1.54, 1.807) is 31.4 Å². The van der Waals surface area contributed by atoms with Gasteiger partial charge >= 0.3 is 0 Å². The topological polar surface area (TPSA) is 75.7 Å². The van der Waals surface area contributed by atoms with Crippen LogP contribution in [-0.4, -0.2) is 35.8 Å². The van der Waals surface area contributed by atoms with Crippen LogP contribution < -0.4 is 15.0 Å². The largest absolute Gasteiger partial charge is 0.497 e. The number of thioether (sulfide) groups is 1. The molecule has 1 fully saturated rings. The Balaban J connectivity index is 1.58. The van der Waals surface area contributed by atoms with Crippen molar-refractivity contribution in [1.29, 1.82) is 0 Å². The summed E-state index contributed by atoms with van der Waals surface area (Å²) in [5, 5.41) is 2.28. The number of nitrogens with one attached hydrogen (secondary N) is 1. The fourth-order valence-electron chi connectivity index (χ4n) is 2.93. The van der Waals surface area contributed by atoms with E-state index in [1.165, 1.54) is 16.7 Å². The molecule has 0 spiro atoms. The van der Waals surface area contributed by atoms with Crippen LogP contribution in [-0.2, 0) is 14.4 Å². The number of carbonyl (C=O) groups is 3. The van der Waals surface area contributed by atoms with E-state index in [0.717, 1.165) is 16.8 Å². The molecule has 1 aliphatic heterocycles. The lowest BCUT2D eigenvalue weighted by Crippen LogP contribution is -2.31. The average Bonchev–Trinajstić information content (AvgIpc) is 2.96. The number of imide groups is 1. The van der Waals surface area contributed by atoms with Crippen LogP contribution >= 0.6 is 11.8 Å². The van der Waals surface area contributed by atoms with Gasteiger partial charge in [0.05, 0.1) is 23.8 Å². The monoisotopic (exact) mass is 398 g/mol. The van der Waals surface area contributed by atoms with Gasteiger partial charge in [0.2, 0.25) is 17.7 Å². The van der Waals surface area contributed by atoms with Crippen LogP contribution in [0.25, 0.3) is 0 Å². The molecule has 3 rings (SSSR count). The molecule has 0 aromatic heterocycles. The van der Waals surface area contributed by atoms with Gasteiger partial charge in [0.25, 0.3) is 0 Å². The molecule has 2 aromatic rings. The minimum absolute atomic E-state index is 0.0897. The molecule has 0 bridgehead atoms. The lowest BCUT2D eigenvalue weighted by atomic mass is 10.1. The van der Waals surface area contributed by atoms with E-state index in [4.69, 9.17) is 4.74 Å². The Bertz CT molecular complexity index is 911. The van der Waals surface area contributed by atoms with Crippen LogP contribution in [0.2, 0.25) is 0 Å². The maximum absolute atomic E-state index is 12.6. The number of aryl methyl sites for hydroxylation is 2. The van der Waals surface area contributed by atoms with Gasteiger partial charge in [-0.3, -0.25) is 14.4 Å². The van der Waals surface area contributed by atoms with Crippen molar-refractivity contribution in [2.75, 3.05) is 23.1 Å². The van der Waals surface area contributed by atoms with Gasteiger partial charge in [-0.1, -0.05) is 6.07 Å². The smallest absolute Gasteiger partial charge is 0.247 e. The predicted octanol–water partition coefficient (Wildman–Crippen LogP) is 3.32. The van der Waals surface area contributed by atoms with Gasteiger partial charge < -0.3 is 10.1 Å². The Morgan fingerprint density at radius 3 is 2.50 bits per heavy atom. The number of rotatable bonds is 6. The first kappa shape index (κ1) is 19.9. The van der Waals surface area contributed by atoms with Gasteiger partial charge in [0.15, 0.2) is 0 Å². The third kappa shape index (κ3) is 4.36. The zero-order chi connectivity index (χ0) is 20.3. The summed E-state index contributed by atoms with van der Waals surface area (Å²) in [5.41, 5.74) is 3.49. The van der Waals surface area contributed by atoms with Crippen LogP contribution in [0.4, 0.5) is 11.4 Å².